The lowest BCUT2D eigenvalue weighted by atomic mass is 9.89. The van der Waals surface area contributed by atoms with Crippen molar-refractivity contribution in [3.05, 3.63) is 12.2 Å². The Labute approximate surface area is 61.5 Å². The Hall–Kier alpha value is -0.340. The lowest BCUT2D eigenvalue weighted by molar-refractivity contribution is -0.130. The van der Waals surface area contributed by atoms with E-state index in [1.807, 2.05) is 0 Å². The predicted molar refractivity (Wildman–Crippen MR) is 39.9 cm³/mol. The molecular formula is C8H13NO. The Morgan fingerprint density at radius 2 is 2.20 bits per heavy atom. The summed E-state index contributed by atoms with van der Waals surface area (Å²) >= 11 is 0. The number of ether oxygens (including phenoxy) is 1. The Morgan fingerprint density at radius 3 is 2.60 bits per heavy atom. The Kier molecular flexibility index (Phi) is 1.32. The summed E-state index contributed by atoms with van der Waals surface area (Å²) in [5.74, 6) is 0. The molecule has 1 saturated heterocycles. The normalized spacial score (nSPS) is 30.5. The summed E-state index contributed by atoms with van der Waals surface area (Å²) in [7, 11) is 2.17. The summed E-state index contributed by atoms with van der Waals surface area (Å²) in [6, 6.07) is 0. The van der Waals surface area contributed by atoms with Crippen LogP contribution in [-0.2, 0) is 4.74 Å². The minimum absolute atomic E-state index is 0.384. The van der Waals surface area contributed by atoms with Crippen molar-refractivity contribution >= 4 is 0 Å². The van der Waals surface area contributed by atoms with E-state index in [9.17, 15) is 0 Å². The van der Waals surface area contributed by atoms with Crippen LogP contribution in [0.2, 0.25) is 0 Å². The van der Waals surface area contributed by atoms with E-state index < -0.39 is 0 Å². The first kappa shape index (κ1) is 6.38. The first-order valence-corrected chi connectivity index (χ1v) is 3.77. The molecule has 0 saturated carbocycles. The maximum atomic E-state index is 5.21. The molecule has 2 heterocycles. The number of rotatable bonds is 0. The van der Waals surface area contributed by atoms with Crippen molar-refractivity contribution in [3.8, 4) is 0 Å². The summed E-state index contributed by atoms with van der Waals surface area (Å²) in [6.07, 6.45) is 5.66. The van der Waals surface area contributed by atoms with Crippen LogP contribution in [0, 0.1) is 0 Å². The fraction of sp³-hybridized carbons (Fsp3) is 0.750. The summed E-state index contributed by atoms with van der Waals surface area (Å²) < 4.78 is 5.21. The molecular weight excluding hydrogens is 126 g/mol. The summed E-state index contributed by atoms with van der Waals surface area (Å²) in [4.78, 5) is 2.39. The van der Waals surface area contributed by atoms with Gasteiger partial charge in [-0.25, -0.2) is 0 Å². The second kappa shape index (κ2) is 2.07. The van der Waals surface area contributed by atoms with Crippen molar-refractivity contribution in [2.75, 3.05) is 26.8 Å². The third kappa shape index (κ3) is 0.724. The average Bonchev–Trinajstić information content (AvgIpc) is 1.85. The van der Waals surface area contributed by atoms with E-state index in [-0.39, 0.29) is 0 Å². The van der Waals surface area contributed by atoms with Gasteiger partial charge in [0.05, 0.1) is 18.8 Å². The van der Waals surface area contributed by atoms with Gasteiger partial charge in [0.1, 0.15) is 0 Å². The largest absolute Gasteiger partial charge is 0.377 e. The summed E-state index contributed by atoms with van der Waals surface area (Å²) in [6.45, 7) is 2.94. The Bertz CT molecular complexity index is 161. The van der Waals surface area contributed by atoms with Gasteiger partial charge in [-0.15, -0.1) is 0 Å². The van der Waals surface area contributed by atoms with Crippen LogP contribution in [-0.4, -0.2) is 37.2 Å². The number of hydrogen-bond acceptors (Lipinski definition) is 2. The van der Waals surface area contributed by atoms with Gasteiger partial charge in [0.25, 0.3) is 0 Å². The second-order valence-electron chi connectivity index (χ2n) is 3.27. The van der Waals surface area contributed by atoms with Gasteiger partial charge in [-0.2, -0.15) is 0 Å². The van der Waals surface area contributed by atoms with E-state index in [1.165, 1.54) is 6.42 Å². The highest BCUT2D eigenvalue weighted by atomic mass is 16.5. The first-order valence-electron chi connectivity index (χ1n) is 3.77. The molecule has 1 spiro atoms. The fourth-order valence-electron chi connectivity index (χ4n) is 1.56. The van der Waals surface area contributed by atoms with Crippen molar-refractivity contribution in [1.29, 1.82) is 0 Å². The third-order valence-corrected chi connectivity index (χ3v) is 2.59. The van der Waals surface area contributed by atoms with Crippen LogP contribution in [0.1, 0.15) is 6.42 Å². The van der Waals surface area contributed by atoms with Gasteiger partial charge in [-0.05, 0) is 13.5 Å². The fourth-order valence-corrected chi connectivity index (χ4v) is 1.56. The van der Waals surface area contributed by atoms with Crippen LogP contribution >= 0.6 is 0 Å². The minimum atomic E-state index is 0.384. The van der Waals surface area contributed by atoms with E-state index in [4.69, 9.17) is 4.74 Å². The molecule has 0 bridgehead atoms. The molecule has 2 heteroatoms. The van der Waals surface area contributed by atoms with E-state index in [1.54, 1.807) is 0 Å². The summed E-state index contributed by atoms with van der Waals surface area (Å²) in [5, 5.41) is 0. The molecule has 1 fully saturated rings. The first-order chi connectivity index (χ1) is 4.83. The van der Waals surface area contributed by atoms with Crippen LogP contribution in [0.4, 0.5) is 0 Å². The zero-order chi connectivity index (χ0) is 7.03. The molecule has 0 amide bonds. The van der Waals surface area contributed by atoms with Crippen LogP contribution in [0.5, 0.6) is 0 Å². The van der Waals surface area contributed by atoms with Gasteiger partial charge < -0.3 is 4.74 Å². The number of likely N-dealkylation sites (N-methyl/N-ethyl adjacent to an activating group) is 1. The molecule has 0 aromatic rings. The van der Waals surface area contributed by atoms with E-state index in [0.717, 1.165) is 19.8 Å². The zero-order valence-electron chi connectivity index (χ0n) is 6.34. The molecule has 2 rings (SSSR count). The molecule has 0 aliphatic carbocycles. The highest BCUT2D eigenvalue weighted by Crippen LogP contribution is 2.30. The maximum Gasteiger partial charge on any atom is 0.0713 e. The maximum absolute atomic E-state index is 5.21. The molecule has 0 N–H and O–H groups in total. The molecule has 2 nitrogen and oxygen atoms in total. The van der Waals surface area contributed by atoms with Crippen molar-refractivity contribution in [1.82, 2.24) is 4.90 Å². The van der Waals surface area contributed by atoms with E-state index in [0.29, 0.717) is 5.54 Å². The van der Waals surface area contributed by atoms with Crippen molar-refractivity contribution < 1.29 is 4.74 Å². The molecule has 0 atom stereocenters. The molecule has 0 aromatic carbocycles. The molecule has 0 radical (unpaired) electrons. The Balaban J connectivity index is 2.12. The Morgan fingerprint density at radius 1 is 1.40 bits per heavy atom. The molecule has 0 unspecified atom stereocenters. The van der Waals surface area contributed by atoms with Crippen LogP contribution in [0.25, 0.3) is 0 Å². The van der Waals surface area contributed by atoms with Gasteiger partial charge in [-0.1, -0.05) is 12.2 Å². The van der Waals surface area contributed by atoms with Gasteiger partial charge >= 0.3 is 0 Å². The monoisotopic (exact) mass is 139 g/mol. The third-order valence-electron chi connectivity index (χ3n) is 2.59. The van der Waals surface area contributed by atoms with Gasteiger partial charge in [0.2, 0.25) is 0 Å². The van der Waals surface area contributed by atoms with Gasteiger partial charge in [-0.3, -0.25) is 4.90 Å². The van der Waals surface area contributed by atoms with Gasteiger partial charge in [0, 0.05) is 6.54 Å². The van der Waals surface area contributed by atoms with E-state index >= 15 is 0 Å². The molecule has 2 aliphatic heterocycles. The molecule has 10 heavy (non-hydrogen) atoms. The number of hydrogen-bond donors (Lipinski definition) is 0. The molecule has 0 aromatic heterocycles. The lowest BCUT2D eigenvalue weighted by Crippen LogP contribution is -2.61. The minimum Gasteiger partial charge on any atom is -0.377 e. The zero-order valence-corrected chi connectivity index (χ0v) is 6.34. The SMILES string of the molecule is CN1CC=CCC12COC2. The highest BCUT2D eigenvalue weighted by Gasteiger charge is 2.41. The van der Waals surface area contributed by atoms with Crippen molar-refractivity contribution in [3.63, 3.8) is 0 Å². The van der Waals surface area contributed by atoms with Gasteiger partial charge in [0.15, 0.2) is 0 Å². The number of nitrogens with zero attached hydrogens (tertiary/aromatic N) is 1. The smallest absolute Gasteiger partial charge is 0.0713 e. The van der Waals surface area contributed by atoms with Crippen molar-refractivity contribution in [2.45, 2.75) is 12.0 Å². The average molecular weight is 139 g/mol. The van der Waals surface area contributed by atoms with E-state index in [2.05, 4.69) is 24.1 Å². The van der Waals surface area contributed by atoms with Crippen LogP contribution in [0.3, 0.4) is 0 Å². The van der Waals surface area contributed by atoms with Crippen molar-refractivity contribution in [2.24, 2.45) is 0 Å². The molecule has 2 aliphatic rings. The second-order valence-corrected chi connectivity index (χ2v) is 3.27. The standard InChI is InChI=1S/C8H13NO/c1-9-5-3-2-4-8(9)6-10-7-8/h2-3H,4-7H2,1H3. The highest BCUT2D eigenvalue weighted by molar-refractivity contribution is 5.07. The quantitative estimate of drug-likeness (QED) is 0.457. The topological polar surface area (TPSA) is 12.5 Å². The van der Waals surface area contributed by atoms with Crippen LogP contribution in [0.15, 0.2) is 12.2 Å². The predicted octanol–water partition coefficient (Wildman–Crippen LogP) is 0.647. The lowest BCUT2D eigenvalue weighted by Gasteiger charge is -2.49. The van der Waals surface area contributed by atoms with Crippen LogP contribution < -0.4 is 0 Å². The summed E-state index contributed by atoms with van der Waals surface area (Å²) in [5.41, 5.74) is 0.384. The molecule has 56 valence electrons.